The number of aryl methyl sites for hydroxylation is 1. The number of benzene rings is 2. The van der Waals surface area contributed by atoms with Crippen molar-refractivity contribution in [3.63, 3.8) is 0 Å². The van der Waals surface area contributed by atoms with Crippen molar-refractivity contribution in [1.29, 1.82) is 0 Å². The van der Waals surface area contributed by atoms with Gasteiger partial charge in [0.15, 0.2) is 11.5 Å². The van der Waals surface area contributed by atoms with Crippen molar-refractivity contribution in [1.82, 2.24) is 4.90 Å². The molecular weight excluding hydrogens is 440 g/mol. The summed E-state index contributed by atoms with van der Waals surface area (Å²) in [6, 6.07) is 11.6. The van der Waals surface area contributed by atoms with E-state index >= 15 is 0 Å². The zero-order valence-electron chi connectivity index (χ0n) is 20.5. The molecule has 5 aliphatic rings. The van der Waals surface area contributed by atoms with Gasteiger partial charge >= 0.3 is 0 Å². The number of rotatable bonds is 4. The largest absolute Gasteiger partial charge is 0.504 e. The van der Waals surface area contributed by atoms with E-state index in [1.807, 2.05) is 42.2 Å². The van der Waals surface area contributed by atoms with Gasteiger partial charge in [0.2, 0.25) is 5.91 Å². The molecule has 5 atom stereocenters. The van der Waals surface area contributed by atoms with E-state index in [0.29, 0.717) is 18.6 Å². The Labute approximate surface area is 206 Å². The van der Waals surface area contributed by atoms with Gasteiger partial charge in [0.1, 0.15) is 6.10 Å². The second-order valence-electron chi connectivity index (χ2n) is 11.6. The lowest BCUT2D eigenvalue weighted by Gasteiger charge is -2.64. The molecule has 3 fully saturated rings. The van der Waals surface area contributed by atoms with Crippen molar-refractivity contribution < 1.29 is 19.7 Å². The number of nitrogens with zero attached hydrogens (tertiary/aromatic N) is 2. The van der Waals surface area contributed by atoms with E-state index in [9.17, 15) is 15.0 Å². The average Bonchev–Trinajstić information content (AvgIpc) is 3.57. The Balaban J connectivity index is 1.39. The maximum atomic E-state index is 13.2. The highest BCUT2D eigenvalue weighted by molar-refractivity contribution is 5.93. The van der Waals surface area contributed by atoms with E-state index < -0.39 is 17.1 Å². The summed E-state index contributed by atoms with van der Waals surface area (Å²) in [5.74, 6) is 1.40. The molecule has 2 bridgehead atoms. The van der Waals surface area contributed by atoms with Gasteiger partial charge in [0.05, 0.1) is 17.1 Å². The number of hydrogen-bond donors (Lipinski definition) is 2. The number of carbonyl (C=O) groups is 1. The number of aromatic hydroxyl groups is 1. The molecular formula is C29H34N2O4. The highest BCUT2D eigenvalue weighted by atomic mass is 16.5. The molecule has 2 aliphatic heterocycles. The number of carbonyl (C=O) groups excluding carboxylic acids is 1. The highest BCUT2D eigenvalue weighted by Gasteiger charge is 2.73. The number of aliphatic hydroxyl groups is 1. The Hall–Kier alpha value is -2.57. The van der Waals surface area contributed by atoms with Crippen LogP contribution < -0.4 is 9.64 Å². The lowest BCUT2D eigenvalue weighted by atomic mass is 9.48. The predicted octanol–water partition coefficient (Wildman–Crippen LogP) is 3.69. The Morgan fingerprint density at radius 2 is 1.97 bits per heavy atom. The van der Waals surface area contributed by atoms with Gasteiger partial charge in [0, 0.05) is 30.8 Å². The summed E-state index contributed by atoms with van der Waals surface area (Å²) >= 11 is 0. The molecule has 2 heterocycles. The molecule has 1 spiro atoms. The van der Waals surface area contributed by atoms with Gasteiger partial charge in [0.25, 0.3) is 0 Å². The lowest BCUT2D eigenvalue weighted by Crippen LogP contribution is -2.78. The monoisotopic (exact) mass is 474 g/mol. The van der Waals surface area contributed by atoms with Crippen LogP contribution in [0.2, 0.25) is 0 Å². The van der Waals surface area contributed by atoms with Gasteiger partial charge in [-0.1, -0.05) is 24.3 Å². The first-order valence-corrected chi connectivity index (χ1v) is 13.2. The molecule has 35 heavy (non-hydrogen) atoms. The van der Waals surface area contributed by atoms with Crippen LogP contribution in [0.1, 0.15) is 55.7 Å². The van der Waals surface area contributed by atoms with Crippen LogP contribution >= 0.6 is 0 Å². The normalized spacial score (nSPS) is 34.8. The fourth-order valence-electron chi connectivity index (χ4n) is 8.14. The third kappa shape index (κ3) is 2.75. The van der Waals surface area contributed by atoms with Crippen LogP contribution in [0.15, 0.2) is 36.4 Å². The first kappa shape index (κ1) is 21.7. The number of para-hydroxylation sites is 1. The Morgan fingerprint density at radius 3 is 2.71 bits per heavy atom. The molecule has 2 N–H and O–H groups in total. The maximum absolute atomic E-state index is 13.2. The molecule has 2 saturated carbocycles. The maximum Gasteiger partial charge on any atom is 0.224 e. The zero-order valence-corrected chi connectivity index (χ0v) is 20.5. The minimum Gasteiger partial charge on any atom is -0.504 e. The Bertz CT molecular complexity index is 1230. The van der Waals surface area contributed by atoms with Crippen molar-refractivity contribution in [3.8, 4) is 11.5 Å². The van der Waals surface area contributed by atoms with Crippen LogP contribution in [-0.2, 0) is 16.6 Å². The number of anilines is 1. The molecule has 2 aromatic carbocycles. The Kier molecular flexibility index (Phi) is 4.48. The minimum absolute atomic E-state index is 0.0197. The van der Waals surface area contributed by atoms with E-state index in [0.717, 1.165) is 48.7 Å². The molecule has 6 heteroatoms. The van der Waals surface area contributed by atoms with Crippen molar-refractivity contribution >= 4 is 11.6 Å². The van der Waals surface area contributed by atoms with E-state index in [2.05, 4.69) is 4.90 Å². The van der Waals surface area contributed by atoms with Crippen LogP contribution in [0, 0.1) is 12.8 Å². The molecule has 2 aromatic rings. The summed E-state index contributed by atoms with van der Waals surface area (Å²) < 4.78 is 6.69. The summed E-state index contributed by atoms with van der Waals surface area (Å²) in [5, 5.41) is 23.5. The number of phenols is 1. The summed E-state index contributed by atoms with van der Waals surface area (Å²) in [6.45, 7) is 5.62. The third-order valence-electron chi connectivity index (χ3n) is 9.78. The van der Waals surface area contributed by atoms with Gasteiger partial charge in [-0.05, 0) is 81.2 Å². The second kappa shape index (κ2) is 7.23. The summed E-state index contributed by atoms with van der Waals surface area (Å²) in [6.07, 6.45) is 5.01. The lowest BCUT2D eigenvalue weighted by molar-refractivity contribution is -0.190. The number of amides is 1. The number of likely N-dealkylation sites (tertiary alicyclic amines) is 1. The Morgan fingerprint density at radius 1 is 1.17 bits per heavy atom. The van der Waals surface area contributed by atoms with Crippen molar-refractivity contribution in [2.75, 3.05) is 18.0 Å². The van der Waals surface area contributed by atoms with Gasteiger partial charge in [-0.25, -0.2) is 0 Å². The summed E-state index contributed by atoms with van der Waals surface area (Å²) in [4.78, 5) is 17.6. The van der Waals surface area contributed by atoms with Gasteiger partial charge < -0.3 is 19.8 Å². The quantitative estimate of drug-likeness (QED) is 0.707. The SMILES string of the molecule is CC(=O)N(c1ccccc1C)[C@H]1CC[C@@]2(O)[C@H]3Cc4ccc(O)c5c4[C@@]2(CCN3CC2CC2)[C@H]1O5. The van der Waals surface area contributed by atoms with E-state index in [-0.39, 0.29) is 23.7 Å². The van der Waals surface area contributed by atoms with E-state index in [1.54, 1.807) is 13.0 Å². The smallest absolute Gasteiger partial charge is 0.224 e. The molecule has 184 valence electrons. The molecule has 0 unspecified atom stereocenters. The van der Waals surface area contributed by atoms with E-state index in [1.165, 1.54) is 18.4 Å². The number of piperidine rings is 1. The molecule has 1 amide bonds. The molecule has 0 aromatic heterocycles. The molecule has 6 nitrogen and oxygen atoms in total. The van der Waals surface area contributed by atoms with Gasteiger partial charge in [-0.2, -0.15) is 0 Å². The standard InChI is InChI=1S/C29H34N2O4/c1-17-5-3-4-6-21(17)31(18(2)32)22-11-12-29(34)24-15-20-9-10-23(33)26-25(20)28(29,27(22)35-26)13-14-30(24)16-19-7-8-19/h3-6,9-10,19,22,24,27,33-34H,7-8,11-16H2,1-2H3/t22-,24+,27-,28-,29+/m0/s1. The van der Waals surface area contributed by atoms with Crippen LogP contribution in [0.3, 0.4) is 0 Å². The van der Waals surface area contributed by atoms with E-state index in [4.69, 9.17) is 4.74 Å². The molecule has 0 radical (unpaired) electrons. The summed E-state index contributed by atoms with van der Waals surface area (Å²) in [7, 11) is 0. The first-order chi connectivity index (χ1) is 16.8. The minimum atomic E-state index is -0.943. The van der Waals surface area contributed by atoms with Crippen molar-refractivity contribution in [2.45, 2.75) is 81.6 Å². The topological polar surface area (TPSA) is 73.2 Å². The third-order valence-corrected chi connectivity index (χ3v) is 9.78. The van der Waals surface area contributed by atoms with Crippen LogP contribution in [0.4, 0.5) is 5.69 Å². The first-order valence-electron chi connectivity index (χ1n) is 13.2. The van der Waals surface area contributed by atoms with Crippen LogP contribution in [0.25, 0.3) is 0 Å². The zero-order chi connectivity index (χ0) is 24.1. The second-order valence-corrected chi connectivity index (χ2v) is 11.6. The van der Waals surface area contributed by atoms with Crippen molar-refractivity contribution in [3.05, 3.63) is 53.1 Å². The molecule has 1 saturated heterocycles. The number of ether oxygens (including phenoxy) is 1. The fraction of sp³-hybridized carbons (Fsp3) is 0.552. The fourth-order valence-corrected chi connectivity index (χ4v) is 8.14. The highest BCUT2D eigenvalue weighted by Crippen LogP contribution is 2.66. The van der Waals surface area contributed by atoms with Crippen LogP contribution in [0.5, 0.6) is 11.5 Å². The molecule has 7 rings (SSSR count). The number of phenolic OH excluding ortho intramolecular Hbond substituents is 1. The number of hydrogen-bond acceptors (Lipinski definition) is 5. The summed E-state index contributed by atoms with van der Waals surface area (Å²) in [5.41, 5.74) is 2.56. The van der Waals surface area contributed by atoms with Gasteiger partial charge in [-0.15, -0.1) is 0 Å². The van der Waals surface area contributed by atoms with Gasteiger partial charge in [-0.3, -0.25) is 9.69 Å². The van der Waals surface area contributed by atoms with Crippen LogP contribution in [-0.4, -0.2) is 57.9 Å². The average molecular weight is 475 g/mol. The molecule has 3 aliphatic carbocycles. The van der Waals surface area contributed by atoms with Crippen molar-refractivity contribution in [2.24, 2.45) is 5.92 Å². The predicted molar refractivity (Wildman–Crippen MR) is 133 cm³/mol.